The maximum atomic E-state index is 10.0. The van der Waals surface area contributed by atoms with Crippen LogP contribution in [0.1, 0.15) is 0 Å². The van der Waals surface area contributed by atoms with Crippen molar-refractivity contribution in [1.82, 2.24) is 0 Å². The Morgan fingerprint density at radius 1 is 0.857 bits per heavy atom. The Morgan fingerprint density at radius 3 is 1.36 bits per heavy atom. The van der Waals surface area contributed by atoms with Gasteiger partial charge in [0.05, 0.1) is 0 Å². The van der Waals surface area contributed by atoms with Gasteiger partial charge in [0.25, 0.3) is 0 Å². The van der Waals surface area contributed by atoms with Crippen LogP contribution >= 0.6 is 0 Å². The Balaban J connectivity index is 2.68. The summed E-state index contributed by atoms with van der Waals surface area (Å²) in [4.78, 5) is 20.0. The summed E-state index contributed by atoms with van der Waals surface area (Å²) in [6, 6.07) is 5.42. The van der Waals surface area contributed by atoms with Gasteiger partial charge in [-0.05, 0) is 24.3 Å². The van der Waals surface area contributed by atoms with Crippen LogP contribution in [0.5, 0.6) is 0 Å². The predicted octanol–water partition coefficient (Wildman–Crippen LogP) is 0.894. The summed E-state index contributed by atoms with van der Waals surface area (Å²) in [5.74, 6) is 0. The van der Waals surface area contributed by atoms with E-state index in [1.807, 2.05) is 10.9 Å². The topological polar surface area (TPSA) is 110 Å². The summed E-state index contributed by atoms with van der Waals surface area (Å²) in [7, 11) is 0. The molecule has 0 heterocycles. The molecule has 8 nitrogen and oxygen atoms in total. The van der Waals surface area contributed by atoms with E-state index in [9.17, 15) is 20.2 Å². The molecule has 0 fully saturated rings. The molecule has 1 rings (SSSR count). The number of hydrogen-bond donors (Lipinski definition) is 2. The molecule has 0 saturated carbocycles. The standard InChI is InChI=1S/C6H6N4O4/c11-9(12)7-5-1-2-6(4-3-5)8-10(13)14/h1-4,7-8H. The van der Waals surface area contributed by atoms with E-state index in [1.54, 1.807) is 0 Å². The molecule has 0 aliphatic heterocycles. The summed E-state index contributed by atoms with van der Waals surface area (Å²) >= 11 is 0. The summed E-state index contributed by atoms with van der Waals surface area (Å²) in [6.07, 6.45) is 0. The predicted molar refractivity (Wildman–Crippen MR) is 47.7 cm³/mol. The normalized spacial score (nSPS) is 9.14. The molecular formula is C6H6N4O4. The van der Waals surface area contributed by atoms with Gasteiger partial charge in [-0.2, -0.15) is 0 Å². The van der Waals surface area contributed by atoms with E-state index in [-0.39, 0.29) is 11.4 Å². The van der Waals surface area contributed by atoms with Gasteiger partial charge in [-0.25, -0.2) is 20.2 Å². The number of benzene rings is 1. The Bertz CT molecular complexity index is 314. The Hall–Kier alpha value is -2.38. The third-order valence-corrected chi connectivity index (χ3v) is 1.33. The first-order valence-electron chi connectivity index (χ1n) is 3.50. The lowest BCUT2D eigenvalue weighted by Gasteiger charge is -1.98. The molecule has 0 radical (unpaired) electrons. The van der Waals surface area contributed by atoms with E-state index in [4.69, 9.17) is 0 Å². The fraction of sp³-hybridized carbons (Fsp3) is 0. The molecular weight excluding hydrogens is 192 g/mol. The molecule has 0 saturated heterocycles. The molecule has 0 aliphatic carbocycles. The van der Waals surface area contributed by atoms with Crippen LogP contribution in [0.4, 0.5) is 11.4 Å². The van der Waals surface area contributed by atoms with E-state index >= 15 is 0 Å². The lowest BCUT2D eigenvalue weighted by atomic mass is 10.3. The molecule has 74 valence electrons. The van der Waals surface area contributed by atoms with Crippen LogP contribution in [-0.2, 0) is 0 Å². The molecule has 0 bridgehead atoms. The molecule has 0 aliphatic rings. The zero-order valence-electron chi connectivity index (χ0n) is 6.84. The molecule has 1 aromatic carbocycles. The van der Waals surface area contributed by atoms with Crippen LogP contribution in [0.3, 0.4) is 0 Å². The Labute approximate surface area is 77.8 Å². The lowest BCUT2D eigenvalue weighted by molar-refractivity contribution is -0.445. The van der Waals surface area contributed by atoms with Crippen LogP contribution in [0.2, 0.25) is 0 Å². The third kappa shape index (κ3) is 2.93. The average molecular weight is 198 g/mol. The third-order valence-electron chi connectivity index (χ3n) is 1.33. The van der Waals surface area contributed by atoms with Crippen LogP contribution < -0.4 is 10.9 Å². The van der Waals surface area contributed by atoms with E-state index in [1.165, 1.54) is 24.3 Å². The van der Waals surface area contributed by atoms with Crippen LogP contribution in [0.15, 0.2) is 24.3 Å². The number of nitro groups is 2. The first kappa shape index (κ1) is 9.71. The van der Waals surface area contributed by atoms with Crippen molar-refractivity contribution in [2.45, 2.75) is 0 Å². The van der Waals surface area contributed by atoms with Gasteiger partial charge in [0.15, 0.2) is 10.1 Å². The zero-order valence-corrected chi connectivity index (χ0v) is 6.84. The monoisotopic (exact) mass is 198 g/mol. The van der Waals surface area contributed by atoms with Gasteiger partial charge in [-0.1, -0.05) is 0 Å². The quantitative estimate of drug-likeness (QED) is 0.549. The smallest absolute Gasteiger partial charge is 0.162 e. The number of nitrogens with one attached hydrogen (secondary N) is 2. The van der Waals surface area contributed by atoms with E-state index in [2.05, 4.69) is 0 Å². The van der Waals surface area contributed by atoms with E-state index in [0.717, 1.165) is 0 Å². The zero-order chi connectivity index (χ0) is 10.6. The minimum absolute atomic E-state index is 0.254. The molecule has 1 aromatic rings. The Morgan fingerprint density at radius 2 is 1.14 bits per heavy atom. The Kier molecular flexibility index (Phi) is 2.79. The maximum Gasteiger partial charge on any atom is 0.162 e. The van der Waals surface area contributed by atoms with Crippen molar-refractivity contribution in [3.63, 3.8) is 0 Å². The van der Waals surface area contributed by atoms with Crippen molar-refractivity contribution in [3.8, 4) is 0 Å². The average Bonchev–Trinajstić information content (AvgIpc) is 2.06. The second-order valence-corrected chi connectivity index (χ2v) is 2.32. The number of hydrogen-bond acceptors (Lipinski definition) is 4. The van der Waals surface area contributed by atoms with Gasteiger partial charge in [0, 0.05) is 0 Å². The van der Waals surface area contributed by atoms with Gasteiger partial charge in [0.1, 0.15) is 11.4 Å². The SMILES string of the molecule is O=[N+]([O-])Nc1ccc(N[N+](=O)[O-])cc1. The fourth-order valence-corrected chi connectivity index (χ4v) is 0.830. The first-order chi connectivity index (χ1) is 6.58. The summed E-state index contributed by atoms with van der Waals surface area (Å²) in [6.45, 7) is 0. The summed E-state index contributed by atoms with van der Waals surface area (Å²) < 4.78 is 0. The molecule has 0 atom stereocenters. The molecule has 0 unspecified atom stereocenters. The highest BCUT2D eigenvalue weighted by Gasteiger charge is 2.01. The second-order valence-electron chi connectivity index (χ2n) is 2.32. The largest absolute Gasteiger partial charge is 0.235 e. The van der Waals surface area contributed by atoms with Gasteiger partial charge in [0.2, 0.25) is 0 Å². The van der Waals surface area contributed by atoms with Gasteiger partial charge in [-0.15, -0.1) is 10.9 Å². The number of rotatable bonds is 4. The van der Waals surface area contributed by atoms with Gasteiger partial charge in [-0.3, -0.25) is 0 Å². The highest BCUT2D eigenvalue weighted by atomic mass is 16.7. The highest BCUT2D eigenvalue weighted by molar-refractivity contribution is 5.51. The van der Waals surface area contributed by atoms with Crippen molar-refractivity contribution >= 4 is 11.4 Å². The van der Waals surface area contributed by atoms with Crippen molar-refractivity contribution in [2.24, 2.45) is 0 Å². The van der Waals surface area contributed by atoms with Crippen molar-refractivity contribution in [2.75, 3.05) is 10.9 Å². The van der Waals surface area contributed by atoms with Crippen LogP contribution in [-0.4, -0.2) is 10.1 Å². The molecule has 14 heavy (non-hydrogen) atoms. The first-order valence-corrected chi connectivity index (χ1v) is 3.50. The summed E-state index contributed by atoms with van der Waals surface area (Å²) in [5, 5.41) is 18.6. The number of nitrogens with zero attached hydrogens (tertiary/aromatic N) is 2. The van der Waals surface area contributed by atoms with Crippen molar-refractivity contribution in [3.05, 3.63) is 44.5 Å². The van der Waals surface area contributed by atoms with Crippen molar-refractivity contribution < 1.29 is 10.1 Å². The number of anilines is 2. The highest BCUT2D eigenvalue weighted by Crippen LogP contribution is 2.12. The molecule has 8 heteroatoms. The molecule has 0 aromatic heterocycles. The van der Waals surface area contributed by atoms with Crippen molar-refractivity contribution in [1.29, 1.82) is 0 Å². The second kappa shape index (κ2) is 4.03. The van der Waals surface area contributed by atoms with Gasteiger partial charge < -0.3 is 0 Å². The number of hydrazine groups is 2. The lowest BCUT2D eigenvalue weighted by Crippen LogP contribution is -2.09. The van der Waals surface area contributed by atoms with E-state index in [0.29, 0.717) is 0 Å². The van der Waals surface area contributed by atoms with E-state index < -0.39 is 10.1 Å². The van der Waals surface area contributed by atoms with Gasteiger partial charge >= 0.3 is 0 Å². The summed E-state index contributed by atoms with van der Waals surface area (Å²) in [5.41, 5.74) is 4.33. The maximum absolute atomic E-state index is 10.0. The molecule has 2 N–H and O–H groups in total. The van der Waals surface area contributed by atoms with Crippen LogP contribution in [0, 0.1) is 20.2 Å². The molecule has 0 amide bonds. The minimum atomic E-state index is -0.712. The minimum Gasteiger partial charge on any atom is -0.235 e. The molecule has 0 spiro atoms. The van der Waals surface area contributed by atoms with Crippen LogP contribution in [0.25, 0.3) is 0 Å². The fourth-order valence-electron chi connectivity index (χ4n) is 0.830.